The molecule has 0 radical (unpaired) electrons. The summed E-state index contributed by atoms with van der Waals surface area (Å²) in [6.45, 7) is 5.55. The van der Waals surface area contributed by atoms with E-state index in [1.54, 1.807) is 0 Å². The Morgan fingerprint density at radius 2 is 1.70 bits per heavy atom. The molecular weight excluding hydrogens is 246 g/mol. The molecule has 0 aliphatic heterocycles. The molecule has 2 heteroatoms. The quantitative estimate of drug-likeness (QED) is 0.696. The Hall–Kier alpha value is -1.54. The normalized spacial score (nSPS) is 10.8. The van der Waals surface area contributed by atoms with Crippen molar-refractivity contribution in [1.82, 2.24) is 0 Å². The van der Waals surface area contributed by atoms with Crippen LogP contribution in [0.25, 0.3) is 10.8 Å². The predicted octanol–water partition coefficient (Wildman–Crippen LogP) is 3.36. The van der Waals surface area contributed by atoms with E-state index in [9.17, 15) is 0 Å². The number of hydrogen-bond acceptors (Lipinski definition) is 1. The summed E-state index contributed by atoms with van der Waals surface area (Å²) in [6.07, 6.45) is 4.99. The summed E-state index contributed by atoms with van der Waals surface area (Å²) < 4.78 is 5.83. The topological polar surface area (TPSA) is 25.8 Å². The van der Waals surface area contributed by atoms with Gasteiger partial charge in [0.05, 0.1) is 19.7 Å². The Morgan fingerprint density at radius 3 is 2.55 bits per heavy atom. The van der Waals surface area contributed by atoms with Crippen LogP contribution in [0.15, 0.2) is 42.5 Å². The number of benzene rings is 2. The van der Waals surface area contributed by atoms with Gasteiger partial charge in [0, 0.05) is 0 Å². The molecule has 0 aromatic heterocycles. The molecule has 2 N–H and O–H groups in total. The van der Waals surface area contributed by atoms with Crippen LogP contribution >= 0.6 is 0 Å². The van der Waals surface area contributed by atoms with E-state index >= 15 is 0 Å². The number of fused-ring (bicyclic) bond motifs is 1. The first-order chi connectivity index (χ1) is 9.90. The third kappa shape index (κ3) is 4.86. The van der Waals surface area contributed by atoms with Gasteiger partial charge >= 0.3 is 0 Å². The van der Waals surface area contributed by atoms with Crippen molar-refractivity contribution in [2.45, 2.75) is 32.6 Å². The lowest BCUT2D eigenvalue weighted by Gasteiger charge is -2.07. The van der Waals surface area contributed by atoms with Gasteiger partial charge in [0.25, 0.3) is 0 Å². The Kier molecular flexibility index (Phi) is 6.39. The molecule has 0 saturated heterocycles. The Morgan fingerprint density at radius 1 is 0.900 bits per heavy atom. The summed E-state index contributed by atoms with van der Waals surface area (Å²) in [5, 5.41) is 4.93. The lowest BCUT2D eigenvalue weighted by molar-refractivity contribution is -0.655. The summed E-state index contributed by atoms with van der Waals surface area (Å²) in [4.78, 5) is 0. The van der Waals surface area contributed by atoms with Gasteiger partial charge in [0.2, 0.25) is 0 Å². The molecule has 0 aliphatic carbocycles. The van der Waals surface area contributed by atoms with E-state index in [0.29, 0.717) is 0 Å². The lowest BCUT2D eigenvalue weighted by atomic mass is 10.1. The molecule has 0 aliphatic rings. The predicted molar refractivity (Wildman–Crippen MR) is 85.2 cm³/mol. The first-order valence-electron chi connectivity index (χ1n) is 7.83. The van der Waals surface area contributed by atoms with E-state index < -0.39 is 0 Å². The van der Waals surface area contributed by atoms with Crippen molar-refractivity contribution in [2.75, 3.05) is 19.7 Å². The van der Waals surface area contributed by atoms with Gasteiger partial charge in [-0.3, -0.25) is 0 Å². The molecule has 2 nitrogen and oxygen atoms in total. The van der Waals surface area contributed by atoms with E-state index in [0.717, 1.165) is 18.8 Å². The van der Waals surface area contributed by atoms with E-state index in [1.165, 1.54) is 43.1 Å². The van der Waals surface area contributed by atoms with Gasteiger partial charge in [0.15, 0.2) is 0 Å². The smallest absolute Gasteiger partial charge is 0.119 e. The summed E-state index contributed by atoms with van der Waals surface area (Å²) in [5.74, 6) is 0.985. The highest BCUT2D eigenvalue weighted by atomic mass is 16.5. The standard InChI is InChI=1S/C18H25NO/c1-2-3-12-19-13-6-7-14-20-18-11-10-16-8-4-5-9-17(16)15-18/h4-5,8-11,15,19H,2-3,6-7,12-14H2,1H3/p+1. The summed E-state index contributed by atoms with van der Waals surface area (Å²) in [5.41, 5.74) is 0. The van der Waals surface area contributed by atoms with Crippen LogP contribution in [0.5, 0.6) is 5.75 Å². The van der Waals surface area contributed by atoms with Crippen LogP contribution in [-0.4, -0.2) is 19.7 Å². The number of quaternary nitrogens is 1. The second kappa shape index (κ2) is 8.60. The highest BCUT2D eigenvalue weighted by molar-refractivity contribution is 5.83. The first-order valence-corrected chi connectivity index (χ1v) is 7.83. The van der Waals surface area contributed by atoms with Gasteiger partial charge in [-0.15, -0.1) is 0 Å². The number of rotatable bonds is 9. The molecule has 0 bridgehead atoms. The minimum absolute atomic E-state index is 0.819. The van der Waals surface area contributed by atoms with Crippen LogP contribution < -0.4 is 10.1 Å². The van der Waals surface area contributed by atoms with E-state index in [1.807, 2.05) is 0 Å². The minimum atomic E-state index is 0.819. The molecule has 2 aromatic rings. The van der Waals surface area contributed by atoms with E-state index in [4.69, 9.17) is 4.74 Å². The zero-order valence-electron chi connectivity index (χ0n) is 12.5. The maximum absolute atomic E-state index is 5.83. The maximum atomic E-state index is 5.83. The molecule has 0 atom stereocenters. The fourth-order valence-electron chi connectivity index (χ4n) is 2.33. The van der Waals surface area contributed by atoms with Crippen LogP contribution in [0, 0.1) is 0 Å². The molecule has 0 heterocycles. The van der Waals surface area contributed by atoms with Crippen LogP contribution in [0.2, 0.25) is 0 Å². The number of unbranched alkanes of at least 4 members (excludes halogenated alkanes) is 2. The summed E-state index contributed by atoms with van der Waals surface area (Å²) in [6, 6.07) is 14.7. The first kappa shape index (κ1) is 14.9. The van der Waals surface area contributed by atoms with Gasteiger partial charge in [0.1, 0.15) is 5.75 Å². The van der Waals surface area contributed by atoms with Crippen molar-refractivity contribution < 1.29 is 10.1 Å². The van der Waals surface area contributed by atoms with Gasteiger partial charge in [-0.25, -0.2) is 0 Å². The molecule has 0 saturated carbocycles. The fourth-order valence-corrected chi connectivity index (χ4v) is 2.33. The minimum Gasteiger partial charge on any atom is -0.494 e. The van der Waals surface area contributed by atoms with Crippen molar-refractivity contribution >= 4 is 10.8 Å². The Labute approximate surface area is 122 Å². The number of ether oxygens (including phenoxy) is 1. The molecule has 108 valence electrons. The molecule has 2 rings (SSSR count). The Balaban J connectivity index is 1.65. The molecular formula is C18H26NO+. The summed E-state index contributed by atoms with van der Waals surface area (Å²) >= 11 is 0. The second-order valence-electron chi connectivity index (χ2n) is 5.28. The number of nitrogens with two attached hydrogens (primary N) is 1. The molecule has 0 spiro atoms. The zero-order chi connectivity index (χ0) is 14.0. The second-order valence-corrected chi connectivity index (χ2v) is 5.28. The maximum Gasteiger partial charge on any atom is 0.119 e. The van der Waals surface area contributed by atoms with Gasteiger partial charge in [-0.05, 0) is 42.2 Å². The van der Waals surface area contributed by atoms with Crippen LogP contribution in [0.1, 0.15) is 32.6 Å². The van der Waals surface area contributed by atoms with Crippen molar-refractivity contribution in [3.05, 3.63) is 42.5 Å². The van der Waals surface area contributed by atoms with Gasteiger partial charge in [-0.2, -0.15) is 0 Å². The molecule has 2 aromatic carbocycles. The molecule has 0 unspecified atom stereocenters. The van der Waals surface area contributed by atoms with E-state index in [-0.39, 0.29) is 0 Å². The SMILES string of the molecule is CCCC[NH2+]CCCCOc1ccc2ccccc2c1. The summed E-state index contributed by atoms with van der Waals surface area (Å²) in [7, 11) is 0. The van der Waals surface area contributed by atoms with Crippen LogP contribution in [0.3, 0.4) is 0 Å². The van der Waals surface area contributed by atoms with E-state index in [2.05, 4.69) is 54.7 Å². The highest BCUT2D eigenvalue weighted by Crippen LogP contribution is 2.20. The molecule has 0 amide bonds. The fraction of sp³-hybridized carbons (Fsp3) is 0.444. The lowest BCUT2D eigenvalue weighted by Crippen LogP contribution is -2.84. The molecule has 0 fully saturated rings. The van der Waals surface area contributed by atoms with Crippen molar-refractivity contribution in [3.8, 4) is 5.75 Å². The van der Waals surface area contributed by atoms with Gasteiger partial charge < -0.3 is 10.1 Å². The highest BCUT2D eigenvalue weighted by Gasteiger charge is 1.97. The molecule has 20 heavy (non-hydrogen) atoms. The number of hydrogen-bond donors (Lipinski definition) is 1. The monoisotopic (exact) mass is 272 g/mol. The Bertz CT molecular complexity index is 509. The average Bonchev–Trinajstić information content (AvgIpc) is 2.50. The largest absolute Gasteiger partial charge is 0.494 e. The third-order valence-electron chi connectivity index (χ3n) is 3.55. The zero-order valence-corrected chi connectivity index (χ0v) is 12.5. The van der Waals surface area contributed by atoms with Crippen molar-refractivity contribution in [1.29, 1.82) is 0 Å². The van der Waals surface area contributed by atoms with Crippen molar-refractivity contribution in [2.24, 2.45) is 0 Å². The van der Waals surface area contributed by atoms with Crippen LogP contribution in [-0.2, 0) is 0 Å². The van der Waals surface area contributed by atoms with Crippen molar-refractivity contribution in [3.63, 3.8) is 0 Å². The van der Waals surface area contributed by atoms with Crippen LogP contribution in [0.4, 0.5) is 0 Å². The average molecular weight is 272 g/mol. The van der Waals surface area contributed by atoms with Gasteiger partial charge in [-0.1, -0.05) is 43.7 Å². The third-order valence-corrected chi connectivity index (χ3v) is 3.55.